The molecule has 2 heterocycles. The average molecular weight is 428 g/mol. The molecule has 5 rings (SSSR count). The van der Waals surface area contributed by atoms with Gasteiger partial charge in [0.1, 0.15) is 9.71 Å². The zero-order valence-corrected chi connectivity index (χ0v) is 18.6. The first kappa shape index (κ1) is 19.8. The Morgan fingerprint density at radius 1 is 1.10 bits per heavy atom. The summed E-state index contributed by atoms with van der Waals surface area (Å²) in [6.07, 6.45) is 3.01. The van der Waals surface area contributed by atoms with Crippen LogP contribution in [-0.2, 0) is 12.8 Å². The van der Waals surface area contributed by atoms with Crippen molar-refractivity contribution in [3.05, 3.63) is 87.4 Å². The first-order valence-electron chi connectivity index (χ1n) is 10.6. The normalized spacial score (nSPS) is 15.6. The van der Waals surface area contributed by atoms with Crippen LogP contribution in [0.15, 0.2) is 54.6 Å². The fourth-order valence-corrected chi connectivity index (χ4v) is 5.37. The van der Waals surface area contributed by atoms with Gasteiger partial charge in [-0.05, 0) is 79.5 Å². The largest absolute Gasteiger partial charge is 0.397 e. The minimum Gasteiger partial charge on any atom is -0.397 e. The molecule has 0 fully saturated rings. The average Bonchev–Trinajstić information content (AvgIpc) is 3.10. The molecular weight excluding hydrogens is 402 g/mol. The van der Waals surface area contributed by atoms with Crippen molar-refractivity contribution in [2.24, 2.45) is 0 Å². The van der Waals surface area contributed by atoms with E-state index in [2.05, 4.69) is 48.6 Å². The topological polar surface area (TPSA) is 68.0 Å². The van der Waals surface area contributed by atoms with Crippen LogP contribution in [0.5, 0.6) is 0 Å². The summed E-state index contributed by atoms with van der Waals surface area (Å²) in [5.74, 6) is 0.323. The number of nitrogens with zero attached hydrogens (tertiary/aromatic N) is 1. The fraction of sp³-hybridized carbons (Fsp3) is 0.231. The fourth-order valence-electron chi connectivity index (χ4n) is 4.38. The van der Waals surface area contributed by atoms with Crippen LogP contribution in [-0.4, -0.2) is 10.9 Å². The summed E-state index contributed by atoms with van der Waals surface area (Å²) in [5, 5.41) is 3.88. The third-order valence-electron chi connectivity index (χ3n) is 6.33. The highest BCUT2D eigenvalue weighted by Crippen LogP contribution is 2.38. The minimum absolute atomic E-state index is 0.177. The highest BCUT2D eigenvalue weighted by molar-refractivity contribution is 7.21. The van der Waals surface area contributed by atoms with E-state index in [9.17, 15) is 4.79 Å². The Hall–Kier alpha value is -3.18. The first-order valence-corrected chi connectivity index (χ1v) is 11.5. The number of hydrogen-bond donors (Lipinski definition) is 2. The summed E-state index contributed by atoms with van der Waals surface area (Å²) in [6, 6.07) is 18.7. The lowest BCUT2D eigenvalue weighted by Crippen LogP contribution is -2.14. The Balaban J connectivity index is 1.45. The van der Waals surface area contributed by atoms with Crippen molar-refractivity contribution < 1.29 is 4.79 Å². The van der Waals surface area contributed by atoms with Gasteiger partial charge in [-0.2, -0.15) is 0 Å². The van der Waals surface area contributed by atoms with Gasteiger partial charge >= 0.3 is 0 Å². The van der Waals surface area contributed by atoms with Gasteiger partial charge in [-0.1, -0.05) is 36.4 Å². The van der Waals surface area contributed by atoms with Crippen molar-refractivity contribution in [3.63, 3.8) is 0 Å². The summed E-state index contributed by atoms with van der Waals surface area (Å²) >= 11 is 1.38. The number of carbonyl (C=O) groups is 1. The number of nitrogens with one attached hydrogen (secondary N) is 1. The molecule has 1 amide bonds. The molecule has 4 aromatic rings. The van der Waals surface area contributed by atoms with Crippen molar-refractivity contribution in [1.82, 2.24) is 4.98 Å². The number of anilines is 2. The molecular formula is C26H25N3OS. The first-order chi connectivity index (χ1) is 15.0. The Bertz CT molecular complexity index is 1290. The second kappa shape index (κ2) is 7.82. The second-order valence-corrected chi connectivity index (χ2v) is 9.39. The number of hydrogen-bond acceptors (Lipinski definition) is 4. The molecule has 0 spiro atoms. The predicted octanol–water partition coefficient (Wildman–Crippen LogP) is 6.02. The molecule has 31 heavy (non-hydrogen) atoms. The lowest BCUT2D eigenvalue weighted by atomic mass is 9.82. The maximum Gasteiger partial charge on any atom is 0.267 e. The van der Waals surface area contributed by atoms with E-state index in [1.807, 2.05) is 25.1 Å². The van der Waals surface area contributed by atoms with Crippen molar-refractivity contribution in [2.45, 2.75) is 39.0 Å². The van der Waals surface area contributed by atoms with Crippen LogP contribution in [0.4, 0.5) is 11.4 Å². The van der Waals surface area contributed by atoms with Gasteiger partial charge in [-0.3, -0.25) is 4.79 Å². The highest BCUT2D eigenvalue weighted by Gasteiger charge is 2.24. The van der Waals surface area contributed by atoms with Crippen molar-refractivity contribution in [3.8, 4) is 0 Å². The van der Waals surface area contributed by atoms with Crippen LogP contribution in [0.2, 0.25) is 0 Å². The molecule has 0 radical (unpaired) electrons. The molecule has 1 atom stereocenters. The second-order valence-electron chi connectivity index (χ2n) is 8.40. The van der Waals surface area contributed by atoms with Crippen molar-refractivity contribution >= 4 is 38.8 Å². The van der Waals surface area contributed by atoms with E-state index in [4.69, 9.17) is 10.7 Å². The van der Waals surface area contributed by atoms with Crippen LogP contribution >= 0.6 is 11.3 Å². The molecule has 0 saturated heterocycles. The smallest absolute Gasteiger partial charge is 0.267 e. The summed E-state index contributed by atoms with van der Waals surface area (Å²) < 4.78 is 0. The Morgan fingerprint density at radius 2 is 1.90 bits per heavy atom. The number of carbonyl (C=O) groups excluding carboxylic acids is 1. The summed E-state index contributed by atoms with van der Waals surface area (Å²) in [4.78, 5) is 19.2. The number of rotatable bonds is 3. The van der Waals surface area contributed by atoms with Crippen LogP contribution in [0.1, 0.15) is 50.0 Å². The molecule has 0 aliphatic heterocycles. The van der Waals surface area contributed by atoms with Crippen LogP contribution < -0.4 is 11.1 Å². The number of nitrogen functional groups attached to an aromatic ring is 1. The van der Waals surface area contributed by atoms with Gasteiger partial charge in [0.15, 0.2) is 0 Å². The molecule has 5 heteroatoms. The predicted molar refractivity (Wildman–Crippen MR) is 129 cm³/mol. The Labute approximate surface area is 186 Å². The molecule has 4 nitrogen and oxygen atoms in total. The number of nitrogens with two attached hydrogens (primary N) is 1. The van der Waals surface area contributed by atoms with Gasteiger partial charge in [0.25, 0.3) is 5.91 Å². The van der Waals surface area contributed by atoms with E-state index in [1.54, 1.807) is 0 Å². The molecule has 1 aliphatic rings. The van der Waals surface area contributed by atoms with Gasteiger partial charge in [-0.25, -0.2) is 4.98 Å². The maximum atomic E-state index is 13.0. The number of aryl methyl sites for hydroxylation is 3. The summed E-state index contributed by atoms with van der Waals surface area (Å²) in [7, 11) is 0. The lowest BCUT2D eigenvalue weighted by molar-refractivity contribution is 0.103. The van der Waals surface area contributed by atoms with Crippen LogP contribution in [0.3, 0.4) is 0 Å². The number of aromatic nitrogens is 1. The third kappa shape index (κ3) is 3.70. The summed E-state index contributed by atoms with van der Waals surface area (Å²) in [5.41, 5.74) is 13.8. The molecule has 1 aliphatic carbocycles. The number of fused-ring (bicyclic) bond motifs is 2. The van der Waals surface area contributed by atoms with Crippen molar-refractivity contribution in [2.75, 3.05) is 11.1 Å². The van der Waals surface area contributed by atoms with Crippen LogP contribution in [0, 0.1) is 13.8 Å². The van der Waals surface area contributed by atoms with Gasteiger partial charge in [-0.15, -0.1) is 11.3 Å². The molecule has 156 valence electrons. The standard InChI is InChI=1S/C26H25N3OS/c1-15-8-10-20(12-16(15)2)28-25(30)24-23(27)21-14-19-13-18(17-6-4-3-5-7-17)9-11-22(19)29-26(21)31-24/h3-8,10,12,14,18H,9,11,13,27H2,1-2H3,(H,28,30). The SMILES string of the molecule is Cc1ccc(NC(=O)c2sc3nc4c(cc3c2N)CC(c2ccccc2)CC4)cc1C. The van der Waals surface area contributed by atoms with E-state index in [1.165, 1.54) is 28.0 Å². The lowest BCUT2D eigenvalue weighted by Gasteiger charge is -2.24. The zero-order chi connectivity index (χ0) is 21.5. The molecule has 2 aromatic carbocycles. The van der Waals surface area contributed by atoms with Gasteiger partial charge in [0, 0.05) is 16.8 Å². The Morgan fingerprint density at radius 3 is 2.68 bits per heavy atom. The summed E-state index contributed by atoms with van der Waals surface area (Å²) in [6.45, 7) is 4.09. The third-order valence-corrected chi connectivity index (χ3v) is 7.44. The molecule has 2 aromatic heterocycles. The van der Waals surface area contributed by atoms with E-state index >= 15 is 0 Å². The Kier molecular flexibility index (Phi) is 4.98. The maximum absolute atomic E-state index is 13.0. The van der Waals surface area contributed by atoms with Crippen LogP contribution in [0.25, 0.3) is 10.2 Å². The molecule has 1 unspecified atom stereocenters. The highest BCUT2D eigenvalue weighted by atomic mass is 32.1. The van der Waals surface area contributed by atoms with E-state index in [0.717, 1.165) is 46.4 Å². The quantitative estimate of drug-likeness (QED) is 0.420. The van der Waals surface area contributed by atoms with E-state index in [0.29, 0.717) is 16.5 Å². The molecule has 0 saturated carbocycles. The van der Waals surface area contributed by atoms with Crippen molar-refractivity contribution in [1.29, 1.82) is 0 Å². The monoisotopic (exact) mass is 427 g/mol. The number of amides is 1. The number of thiophene rings is 1. The number of pyridine rings is 1. The minimum atomic E-state index is -0.177. The number of benzene rings is 2. The van der Waals surface area contributed by atoms with Gasteiger partial charge < -0.3 is 11.1 Å². The zero-order valence-electron chi connectivity index (χ0n) is 17.7. The van der Waals surface area contributed by atoms with E-state index in [-0.39, 0.29) is 5.91 Å². The molecule has 0 bridgehead atoms. The molecule has 3 N–H and O–H groups in total. The van der Waals surface area contributed by atoms with E-state index < -0.39 is 0 Å². The van der Waals surface area contributed by atoms with Gasteiger partial charge in [0.2, 0.25) is 0 Å². The van der Waals surface area contributed by atoms with Gasteiger partial charge in [0.05, 0.1) is 5.69 Å².